The van der Waals surface area contributed by atoms with E-state index in [0.29, 0.717) is 19.3 Å². The van der Waals surface area contributed by atoms with E-state index in [-0.39, 0.29) is 25.6 Å². The fourth-order valence-corrected chi connectivity index (χ4v) is 4.94. The van der Waals surface area contributed by atoms with Gasteiger partial charge in [-0.1, -0.05) is 128 Å². The SMILES string of the molecule is CC/C=C\C/C=C\C/C=C\C/C=C\C/C=C\C/C=C\CCC(=O)OC[C@H](COP(=O)(O)O)OC(=O)CCC/C=C\C/C=C\C/C=C\C/C=C\CCC[C@H](C)O. The number of hydrogen-bond donors (Lipinski definition) is 3. The lowest BCUT2D eigenvalue weighted by Crippen LogP contribution is -2.29. The van der Waals surface area contributed by atoms with Gasteiger partial charge in [-0.3, -0.25) is 14.1 Å². The molecule has 0 aromatic carbocycles. The molecule has 9 nitrogen and oxygen atoms in total. The Labute approximate surface area is 331 Å². The number of allylic oxidation sites excluding steroid dienone is 20. The Kier molecular flexibility index (Phi) is 36.2. The van der Waals surface area contributed by atoms with Crippen LogP contribution in [0.3, 0.4) is 0 Å². The molecule has 0 saturated heterocycles. The summed E-state index contributed by atoms with van der Waals surface area (Å²) in [5.41, 5.74) is 0. The molecule has 0 spiro atoms. The summed E-state index contributed by atoms with van der Waals surface area (Å²) in [6, 6.07) is 0. The molecule has 0 aliphatic heterocycles. The number of unbranched alkanes of at least 4 members (excludes halogenated alkanes) is 2. The summed E-state index contributed by atoms with van der Waals surface area (Å²) in [5, 5.41) is 9.25. The summed E-state index contributed by atoms with van der Waals surface area (Å²) in [6.45, 7) is 2.98. The number of phosphoric acid groups is 1. The van der Waals surface area contributed by atoms with Crippen LogP contribution in [0.4, 0.5) is 0 Å². The van der Waals surface area contributed by atoms with Crippen molar-refractivity contribution in [2.24, 2.45) is 0 Å². The largest absolute Gasteiger partial charge is 0.469 e. The van der Waals surface area contributed by atoms with Gasteiger partial charge in [0, 0.05) is 12.8 Å². The fourth-order valence-electron chi connectivity index (χ4n) is 4.58. The zero-order valence-corrected chi connectivity index (χ0v) is 34.3. The van der Waals surface area contributed by atoms with Crippen molar-refractivity contribution >= 4 is 19.8 Å². The molecule has 0 aliphatic carbocycles. The fraction of sp³-hybridized carbons (Fsp3) is 0.511. The smallest absolute Gasteiger partial charge is 0.462 e. The van der Waals surface area contributed by atoms with E-state index in [4.69, 9.17) is 19.3 Å². The quantitative estimate of drug-likeness (QED) is 0.0252. The molecule has 3 N–H and O–H groups in total. The Balaban J connectivity index is 4.21. The van der Waals surface area contributed by atoms with Crippen molar-refractivity contribution in [1.29, 1.82) is 0 Å². The highest BCUT2D eigenvalue weighted by molar-refractivity contribution is 7.46. The maximum atomic E-state index is 12.4. The molecule has 0 rings (SSSR count). The summed E-state index contributed by atoms with van der Waals surface area (Å²) in [4.78, 5) is 42.7. The summed E-state index contributed by atoms with van der Waals surface area (Å²) in [5.74, 6) is -1.08. The Morgan fingerprint density at radius 1 is 0.545 bits per heavy atom. The molecular weight excluding hydrogens is 715 g/mol. The number of carbonyl (C=O) groups is 2. The van der Waals surface area contributed by atoms with E-state index < -0.39 is 32.5 Å². The summed E-state index contributed by atoms with van der Waals surface area (Å²) < 4.78 is 26.2. The minimum absolute atomic E-state index is 0.100. The van der Waals surface area contributed by atoms with Crippen molar-refractivity contribution in [2.75, 3.05) is 13.2 Å². The standard InChI is InChI=1S/C45H69O9P/c1-3-4-5-6-7-8-9-10-11-12-13-14-17-20-23-26-29-32-35-38-44(47)52-40-43(41-53-55(49,50)51)54-45(48)39-36-33-30-27-24-21-18-15-16-19-22-25-28-31-34-37-42(2)46/h4-5,7-8,10-11,13-14,16,18-21,23,25,27-30,32,42-43,46H,3,6,9,12,15,17,22,24,26,31,33-41H2,1-2H3,(H2,49,50,51)/b5-4-,8-7-,11-10-,14-13-,19-16-,21-18-,23-20-,28-25-,30-27-,32-29-/t42-,43+/m0/s1. The van der Waals surface area contributed by atoms with Crippen molar-refractivity contribution in [3.05, 3.63) is 122 Å². The number of phosphoric ester groups is 1. The van der Waals surface area contributed by atoms with Crippen molar-refractivity contribution in [1.82, 2.24) is 0 Å². The Hall–Kier alpha value is -3.59. The molecule has 10 heteroatoms. The molecule has 0 saturated carbocycles. The molecular formula is C45H69O9P. The second kappa shape index (κ2) is 38.7. The van der Waals surface area contributed by atoms with Gasteiger partial charge in [0.15, 0.2) is 6.10 Å². The average Bonchev–Trinajstić information content (AvgIpc) is 3.14. The molecule has 0 aromatic rings. The van der Waals surface area contributed by atoms with E-state index in [0.717, 1.165) is 77.0 Å². The molecule has 308 valence electrons. The van der Waals surface area contributed by atoms with E-state index in [1.807, 2.05) is 31.2 Å². The second-order valence-corrected chi connectivity index (χ2v) is 14.0. The van der Waals surface area contributed by atoms with Gasteiger partial charge in [0.25, 0.3) is 0 Å². The van der Waals surface area contributed by atoms with Crippen LogP contribution in [-0.2, 0) is 28.2 Å². The van der Waals surface area contributed by atoms with Crippen LogP contribution < -0.4 is 0 Å². The number of rotatable bonds is 34. The first kappa shape index (κ1) is 51.4. The molecule has 0 radical (unpaired) electrons. The summed E-state index contributed by atoms with van der Waals surface area (Å²) >= 11 is 0. The van der Waals surface area contributed by atoms with Gasteiger partial charge in [0.1, 0.15) is 6.61 Å². The first-order valence-electron chi connectivity index (χ1n) is 19.9. The Morgan fingerprint density at radius 3 is 1.36 bits per heavy atom. The lowest BCUT2D eigenvalue weighted by Gasteiger charge is -2.18. The van der Waals surface area contributed by atoms with E-state index in [1.165, 1.54) is 0 Å². The van der Waals surface area contributed by atoms with Gasteiger partial charge in [-0.25, -0.2) is 4.57 Å². The topological polar surface area (TPSA) is 140 Å². The summed E-state index contributed by atoms with van der Waals surface area (Å²) in [7, 11) is -4.80. The highest BCUT2D eigenvalue weighted by Crippen LogP contribution is 2.35. The zero-order valence-electron chi connectivity index (χ0n) is 33.4. The molecule has 0 aliphatic rings. The molecule has 0 amide bonds. The number of ether oxygens (including phenoxy) is 2. The lowest BCUT2D eigenvalue weighted by molar-refractivity contribution is -0.161. The first-order valence-corrected chi connectivity index (χ1v) is 21.4. The van der Waals surface area contributed by atoms with Crippen LogP contribution in [-0.4, -0.2) is 52.3 Å². The van der Waals surface area contributed by atoms with Crippen LogP contribution in [0.1, 0.15) is 123 Å². The van der Waals surface area contributed by atoms with Crippen LogP contribution >= 0.6 is 7.82 Å². The third-order valence-electron chi connectivity index (χ3n) is 7.50. The van der Waals surface area contributed by atoms with Gasteiger partial charge >= 0.3 is 19.8 Å². The van der Waals surface area contributed by atoms with E-state index >= 15 is 0 Å². The van der Waals surface area contributed by atoms with Crippen LogP contribution in [0, 0.1) is 0 Å². The molecule has 0 heterocycles. The third kappa shape index (κ3) is 43.0. The Morgan fingerprint density at radius 2 is 0.945 bits per heavy atom. The highest BCUT2D eigenvalue weighted by atomic mass is 31.2. The average molecular weight is 785 g/mol. The van der Waals surface area contributed by atoms with Gasteiger partial charge < -0.3 is 24.4 Å². The normalized spacial score (nSPS) is 14.3. The van der Waals surface area contributed by atoms with Gasteiger partial charge in [0.2, 0.25) is 0 Å². The van der Waals surface area contributed by atoms with Crippen molar-refractivity contribution in [3.8, 4) is 0 Å². The van der Waals surface area contributed by atoms with Crippen molar-refractivity contribution < 1.29 is 43.0 Å². The number of esters is 2. The summed E-state index contributed by atoms with van der Waals surface area (Å²) in [6.07, 6.45) is 53.5. The molecule has 0 unspecified atom stereocenters. The van der Waals surface area contributed by atoms with Gasteiger partial charge in [-0.2, -0.15) is 0 Å². The number of aliphatic hydroxyl groups excluding tert-OH is 1. The van der Waals surface area contributed by atoms with Crippen LogP contribution in [0.2, 0.25) is 0 Å². The number of carbonyl (C=O) groups excluding carboxylic acids is 2. The van der Waals surface area contributed by atoms with Crippen LogP contribution in [0.15, 0.2) is 122 Å². The Bertz CT molecular complexity index is 1310. The van der Waals surface area contributed by atoms with Crippen LogP contribution in [0.5, 0.6) is 0 Å². The highest BCUT2D eigenvalue weighted by Gasteiger charge is 2.22. The minimum atomic E-state index is -4.80. The monoisotopic (exact) mass is 784 g/mol. The second-order valence-electron chi connectivity index (χ2n) is 12.8. The number of hydrogen-bond acceptors (Lipinski definition) is 7. The minimum Gasteiger partial charge on any atom is -0.462 e. The maximum Gasteiger partial charge on any atom is 0.469 e. The lowest BCUT2D eigenvalue weighted by atomic mass is 10.1. The van der Waals surface area contributed by atoms with Gasteiger partial charge in [-0.15, -0.1) is 0 Å². The zero-order chi connectivity index (χ0) is 40.5. The predicted octanol–water partition coefficient (Wildman–Crippen LogP) is 11.1. The van der Waals surface area contributed by atoms with E-state index in [2.05, 4.69) is 109 Å². The first-order chi connectivity index (χ1) is 26.6. The third-order valence-corrected chi connectivity index (χ3v) is 7.98. The van der Waals surface area contributed by atoms with Crippen LogP contribution in [0.25, 0.3) is 0 Å². The molecule has 0 aromatic heterocycles. The predicted molar refractivity (Wildman–Crippen MR) is 226 cm³/mol. The maximum absolute atomic E-state index is 12.4. The molecule has 0 bridgehead atoms. The molecule has 55 heavy (non-hydrogen) atoms. The van der Waals surface area contributed by atoms with Gasteiger partial charge in [-0.05, 0) is 103 Å². The number of aliphatic hydroxyl groups is 1. The van der Waals surface area contributed by atoms with Crippen molar-refractivity contribution in [3.63, 3.8) is 0 Å². The molecule has 0 fully saturated rings. The van der Waals surface area contributed by atoms with Crippen molar-refractivity contribution in [2.45, 2.75) is 135 Å². The van der Waals surface area contributed by atoms with E-state index in [1.54, 1.807) is 0 Å². The van der Waals surface area contributed by atoms with E-state index in [9.17, 15) is 19.3 Å². The van der Waals surface area contributed by atoms with Gasteiger partial charge in [0.05, 0.1) is 12.7 Å². The molecule has 2 atom stereocenters.